The van der Waals surface area contributed by atoms with Crippen molar-refractivity contribution in [2.75, 3.05) is 24.4 Å². The van der Waals surface area contributed by atoms with E-state index in [0.717, 1.165) is 6.42 Å². The number of thioether (sulfide) groups is 1. The molecule has 0 spiro atoms. The van der Waals surface area contributed by atoms with E-state index in [9.17, 15) is 13.2 Å². The van der Waals surface area contributed by atoms with Gasteiger partial charge in [0, 0.05) is 12.1 Å². The van der Waals surface area contributed by atoms with Crippen LogP contribution in [-0.4, -0.2) is 75.9 Å². The van der Waals surface area contributed by atoms with Gasteiger partial charge in [-0.3, -0.25) is 4.79 Å². The lowest BCUT2D eigenvalue weighted by molar-refractivity contribution is -0.132. The molecule has 2 atom stereocenters. The number of carbonyl (C=O) groups is 1. The Balaban J connectivity index is 1.75. The van der Waals surface area contributed by atoms with Crippen LogP contribution in [0.15, 0.2) is 29.4 Å². The first-order valence-corrected chi connectivity index (χ1v) is 12.2. The molecule has 1 aliphatic heterocycles. The number of rotatable bonds is 8. The second-order valence-corrected chi connectivity index (χ2v) is 10.1. The lowest BCUT2D eigenvalue weighted by Gasteiger charge is -2.33. The van der Waals surface area contributed by atoms with Gasteiger partial charge in [0.05, 0.1) is 24.4 Å². The Morgan fingerprint density at radius 2 is 2.17 bits per heavy atom. The average Bonchev–Trinajstić information content (AvgIpc) is 3.32. The Kier molecular flexibility index (Phi) is 6.78. The van der Waals surface area contributed by atoms with Crippen molar-refractivity contribution in [1.82, 2.24) is 25.1 Å². The summed E-state index contributed by atoms with van der Waals surface area (Å²) in [5, 5.41) is 12.2. The van der Waals surface area contributed by atoms with Crippen molar-refractivity contribution in [1.29, 1.82) is 0 Å². The van der Waals surface area contributed by atoms with Crippen molar-refractivity contribution >= 4 is 27.5 Å². The summed E-state index contributed by atoms with van der Waals surface area (Å²) in [6.07, 6.45) is 1.24. The van der Waals surface area contributed by atoms with E-state index < -0.39 is 9.84 Å². The molecule has 29 heavy (non-hydrogen) atoms. The maximum atomic E-state index is 13.0. The zero-order valence-electron chi connectivity index (χ0n) is 16.7. The van der Waals surface area contributed by atoms with Crippen molar-refractivity contribution in [3.05, 3.63) is 24.3 Å². The number of amides is 1. The smallest absolute Gasteiger partial charge is 0.233 e. The molecule has 0 bridgehead atoms. The van der Waals surface area contributed by atoms with Crippen molar-refractivity contribution in [2.24, 2.45) is 0 Å². The molecule has 11 heteroatoms. The Morgan fingerprint density at radius 1 is 1.41 bits per heavy atom. The number of ether oxygens (including phenoxy) is 1. The van der Waals surface area contributed by atoms with Crippen LogP contribution in [0.5, 0.6) is 5.75 Å². The topological polar surface area (TPSA) is 107 Å². The first-order chi connectivity index (χ1) is 13.9. The first kappa shape index (κ1) is 21.6. The number of tetrazole rings is 1. The van der Waals surface area contributed by atoms with Gasteiger partial charge in [0.1, 0.15) is 11.4 Å². The molecular formula is C18H25N5O4S2. The summed E-state index contributed by atoms with van der Waals surface area (Å²) < 4.78 is 30.7. The van der Waals surface area contributed by atoms with Crippen molar-refractivity contribution in [2.45, 2.75) is 43.9 Å². The fourth-order valence-corrected chi connectivity index (χ4v) is 5.89. The molecule has 0 radical (unpaired) electrons. The Morgan fingerprint density at radius 3 is 2.83 bits per heavy atom. The highest BCUT2D eigenvalue weighted by molar-refractivity contribution is 7.99. The lowest BCUT2D eigenvalue weighted by atomic mass is 10.1. The molecule has 2 heterocycles. The molecule has 1 saturated heterocycles. The summed E-state index contributed by atoms with van der Waals surface area (Å²) in [4.78, 5) is 14.7. The van der Waals surface area contributed by atoms with Gasteiger partial charge in [0.2, 0.25) is 11.1 Å². The van der Waals surface area contributed by atoms with Gasteiger partial charge in [-0.2, -0.15) is 4.68 Å². The number of nitrogens with zero attached hydrogens (tertiary/aromatic N) is 5. The van der Waals surface area contributed by atoms with Gasteiger partial charge >= 0.3 is 0 Å². The minimum atomic E-state index is -3.08. The molecule has 3 rings (SSSR count). The van der Waals surface area contributed by atoms with Crippen LogP contribution in [0.25, 0.3) is 5.69 Å². The van der Waals surface area contributed by atoms with Gasteiger partial charge in [-0.05, 0) is 42.3 Å². The second kappa shape index (κ2) is 9.12. The van der Waals surface area contributed by atoms with Crippen LogP contribution < -0.4 is 4.74 Å². The summed E-state index contributed by atoms with van der Waals surface area (Å²) in [6, 6.07) is 7.03. The molecule has 1 aromatic heterocycles. The van der Waals surface area contributed by atoms with Crippen LogP contribution in [0, 0.1) is 0 Å². The highest BCUT2D eigenvalue weighted by atomic mass is 32.2. The monoisotopic (exact) mass is 439 g/mol. The summed E-state index contributed by atoms with van der Waals surface area (Å²) in [6.45, 7) is 3.94. The van der Waals surface area contributed by atoms with Crippen LogP contribution in [0.4, 0.5) is 0 Å². The van der Waals surface area contributed by atoms with Crippen LogP contribution in [-0.2, 0) is 14.6 Å². The van der Waals surface area contributed by atoms with E-state index >= 15 is 0 Å². The largest absolute Gasteiger partial charge is 0.494 e. The van der Waals surface area contributed by atoms with Crippen LogP contribution in [0.3, 0.4) is 0 Å². The number of carbonyl (C=O) groups excluding carboxylic acids is 1. The molecule has 0 unspecified atom stereocenters. The van der Waals surface area contributed by atoms with Gasteiger partial charge in [0.25, 0.3) is 0 Å². The number of hydrogen-bond donors (Lipinski definition) is 0. The number of methoxy groups -OCH3 is 1. The molecule has 1 fully saturated rings. The minimum Gasteiger partial charge on any atom is -0.494 e. The Bertz CT molecular complexity index is 963. The van der Waals surface area contributed by atoms with Crippen molar-refractivity contribution in [3.8, 4) is 11.4 Å². The maximum absolute atomic E-state index is 13.0. The van der Waals surface area contributed by atoms with Crippen LogP contribution in [0.1, 0.15) is 26.7 Å². The lowest BCUT2D eigenvalue weighted by Crippen LogP contribution is -2.47. The minimum absolute atomic E-state index is 0.0344. The molecule has 9 nitrogen and oxygen atoms in total. The van der Waals surface area contributed by atoms with Crippen molar-refractivity contribution in [3.63, 3.8) is 0 Å². The molecule has 2 aromatic rings. The summed E-state index contributed by atoms with van der Waals surface area (Å²) in [5.41, 5.74) is 0.676. The molecule has 1 amide bonds. The SMILES string of the molecule is CC[C@H](C)N(C(=O)CSc1nnnn1-c1ccccc1OC)[C@@H]1CCS(=O)(=O)C1. The number of benzene rings is 1. The molecular weight excluding hydrogens is 414 g/mol. The normalized spacial score (nSPS) is 19.1. The predicted molar refractivity (Wildman–Crippen MR) is 110 cm³/mol. The van der Waals surface area contributed by atoms with Crippen LogP contribution >= 0.6 is 11.8 Å². The third kappa shape index (κ3) is 4.89. The van der Waals surface area contributed by atoms with E-state index in [0.29, 0.717) is 23.0 Å². The first-order valence-electron chi connectivity index (χ1n) is 9.42. The zero-order chi connectivity index (χ0) is 21.0. The quantitative estimate of drug-likeness (QED) is 0.571. The van der Waals surface area contributed by atoms with Gasteiger partial charge in [-0.25, -0.2) is 8.42 Å². The van der Waals surface area contributed by atoms with E-state index in [1.807, 2.05) is 38.1 Å². The molecule has 0 saturated carbocycles. The number of sulfone groups is 1. The third-order valence-corrected chi connectivity index (χ3v) is 7.69. The van der Waals surface area contributed by atoms with Gasteiger partial charge in [-0.1, -0.05) is 30.8 Å². The average molecular weight is 440 g/mol. The standard InChI is InChI=1S/C18H25N5O4S2/c1-4-13(2)22(14-9-10-29(25,26)12-14)17(24)11-28-18-19-20-21-23(18)15-7-5-6-8-16(15)27-3/h5-8,13-14H,4,9-12H2,1-3H3/t13-,14+/m0/s1. The molecule has 0 aliphatic carbocycles. The number of aromatic nitrogens is 4. The Labute approximate surface area is 174 Å². The van der Waals surface area contributed by atoms with Crippen molar-refractivity contribution < 1.29 is 17.9 Å². The van der Waals surface area contributed by atoms with E-state index in [1.54, 1.807) is 12.0 Å². The van der Waals surface area contributed by atoms with E-state index in [4.69, 9.17) is 4.74 Å². The van der Waals surface area contributed by atoms with E-state index in [2.05, 4.69) is 15.5 Å². The van der Waals surface area contributed by atoms with Crippen LogP contribution in [0.2, 0.25) is 0 Å². The Hall–Kier alpha value is -2.14. The van der Waals surface area contributed by atoms with Gasteiger partial charge < -0.3 is 9.64 Å². The fourth-order valence-electron chi connectivity index (χ4n) is 3.43. The zero-order valence-corrected chi connectivity index (χ0v) is 18.3. The summed E-state index contributed by atoms with van der Waals surface area (Å²) >= 11 is 1.22. The highest BCUT2D eigenvalue weighted by Crippen LogP contribution is 2.27. The van der Waals surface area contributed by atoms with E-state index in [-0.39, 0.29) is 35.2 Å². The molecule has 1 aromatic carbocycles. The maximum Gasteiger partial charge on any atom is 0.233 e. The number of para-hydroxylation sites is 2. The van der Waals surface area contributed by atoms with E-state index in [1.165, 1.54) is 16.4 Å². The summed E-state index contributed by atoms with van der Waals surface area (Å²) in [7, 11) is -1.51. The second-order valence-electron chi connectivity index (χ2n) is 6.95. The fraction of sp³-hybridized carbons (Fsp3) is 0.556. The molecule has 1 aliphatic rings. The third-order valence-electron chi connectivity index (χ3n) is 5.03. The molecule has 0 N–H and O–H groups in total. The molecule has 158 valence electrons. The van der Waals surface area contributed by atoms with Gasteiger partial charge in [-0.15, -0.1) is 5.10 Å². The highest BCUT2D eigenvalue weighted by Gasteiger charge is 2.36. The summed E-state index contributed by atoms with van der Waals surface area (Å²) in [5.74, 6) is 0.798. The number of hydrogen-bond acceptors (Lipinski definition) is 8. The predicted octanol–water partition coefficient (Wildman–Crippen LogP) is 1.58. The van der Waals surface area contributed by atoms with Gasteiger partial charge in [0.15, 0.2) is 9.84 Å².